The van der Waals surface area contributed by atoms with Crippen LogP contribution < -0.4 is 0 Å². The third-order valence-corrected chi connectivity index (χ3v) is 2.26. The molecule has 0 radical (unpaired) electrons. The van der Waals surface area contributed by atoms with Crippen LogP contribution in [0.2, 0.25) is 0 Å². The number of nitrogens with zero attached hydrogens (tertiary/aromatic N) is 1. The Morgan fingerprint density at radius 2 is 1.53 bits per heavy atom. The number of hydrogen-bond acceptors (Lipinski definition) is 2. The zero-order chi connectivity index (χ0) is 11.4. The molecule has 0 bridgehead atoms. The lowest BCUT2D eigenvalue weighted by molar-refractivity contribution is -0.402. The van der Waals surface area contributed by atoms with Gasteiger partial charge in [-0.15, -0.1) is 6.58 Å². The summed E-state index contributed by atoms with van der Waals surface area (Å²) in [6.45, 7) is 3.68. The molecule has 0 spiro atoms. The minimum atomic E-state index is -0.407. The molecule has 0 amide bonds. The molecule has 15 heavy (non-hydrogen) atoms. The van der Waals surface area contributed by atoms with Crippen molar-refractivity contribution in [2.75, 3.05) is 0 Å². The maximum atomic E-state index is 9.95. The Morgan fingerprint density at radius 1 is 1.00 bits per heavy atom. The van der Waals surface area contributed by atoms with Crippen LogP contribution >= 0.6 is 0 Å². The minimum absolute atomic E-state index is 0.407. The number of nitro groups is 1. The molecular weight excluding hydrogens is 190 g/mol. The lowest BCUT2D eigenvalue weighted by atomic mass is 10.1. The van der Waals surface area contributed by atoms with Crippen molar-refractivity contribution < 1.29 is 4.92 Å². The third kappa shape index (κ3) is 12.9. The fraction of sp³-hybridized carbons (Fsp3) is 0.667. The van der Waals surface area contributed by atoms with Crippen LogP contribution in [-0.2, 0) is 0 Å². The highest BCUT2D eigenvalue weighted by Gasteiger charge is 1.90. The molecule has 86 valence electrons. The van der Waals surface area contributed by atoms with Crippen LogP contribution in [0.25, 0.3) is 0 Å². The Hall–Kier alpha value is -1.12. The molecule has 3 nitrogen and oxygen atoms in total. The van der Waals surface area contributed by atoms with Crippen LogP contribution in [0, 0.1) is 10.1 Å². The predicted octanol–water partition coefficient (Wildman–Crippen LogP) is 4.08. The van der Waals surface area contributed by atoms with E-state index in [1.165, 1.54) is 32.1 Å². The minimum Gasteiger partial charge on any atom is -0.259 e. The van der Waals surface area contributed by atoms with Crippen LogP contribution in [0.3, 0.4) is 0 Å². The topological polar surface area (TPSA) is 43.1 Å². The van der Waals surface area contributed by atoms with Crippen LogP contribution in [0.5, 0.6) is 0 Å². The van der Waals surface area contributed by atoms with Crippen LogP contribution in [0.15, 0.2) is 24.9 Å². The van der Waals surface area contributed by atoms with E-state index in [1.54, 1.807) is 6.08 Å². The van der Waals surface area contributed by atoms with Gasteiger partial charge < -0.3 is 0 Å². The number of hydrogen-bond donors (Lipinski definition) is 0. The van der Waals surface area contributed by atoms with Crippen LogP contribution in [0.4, 0.5) is 0 Å². The van der Waals surface area contributed by atoms with Gasteiger partial charge >= 0.3 is 0 Å². The largest absolute Gasteiger partial charge is 0.259 e. The maximum absolute atomic E-state index is 9.95. The van der Waals surface area contributed by atoms with Crippen molar-refractivity contribution in [2.45, 2.75) is 51.4 Å². The van der Waals surface area contributed by atoms with E-state index in [2.05, 4.69) is 6.58 Å². The summed E-state index contributed by atoms with van der Waals surface area (Å²) < 4.78 is 0. The van der Waals surface area contributed by atoms with E-state index in [0.717, 1.165) is 25.5 Å². The first-order valence-corrected chi connectivity index (χ1v) is 5.68. The van der Waals surface area contributed by atoms with Crippen molar-refractivity contribution in [2.24, 2.45) is 0 Å². The summed E-state index contributed by atoms with van der Waals surface area (Å²) in [5, 5.41) is 9.95. The van der Waals surface area contributed by atoms with E-state index in [1.807, 2.05) is 6.08 Å². The van der Waals surface area contributed by atoms with Gasteiger partial charge in [0.05, 0.1) is 4.92 Å². The molecule has 0 aromatic rings. The fourth-order valence-corrected chi connectivity index (χ4v) is 1.42. The van der Waals surface area contributed by atoms with Crippen molar-refractivity contribution in [3.8, 4) is 0 Å². The van der Waals surface area contributed by atoms with Gasteiger partial charge in [-0.25, -0.2) is 0 Å². The Bertz CT molecular complexity index is 200. The number of allylic oxidation sites excluding steroid dienone is 2. The van der Waals surface area contributed by atoms with E-state index in [4.69, 9.17) is 0 Å². The first-order chi connectivity index (χ1) is 7.27. The highest BCUT2D eigenvalue weighted by Crippen LogP contribution is 2.08. The molecule has 0 unspecified atom stereocenters. The number of rotatable bonds is 10. The summed E-state index contributed by atoms with van der Waals surface area (Å²) in [7, 11) is 0. The Kier molecular flexibility index (Phi) is 10.1. The van der Waals surface area contributed by atoms with Gasteiger partial charge in [0, 0.05) is 0 Å². The summed E-state index contributed by atoms with van der Waals surface area (Å²) in [6, 6.07) is 0. The summed E-state index contributed by atoms with van der Waals surface area (Å²) in [6.07, 6.45) is 13.8. The molecule has 0 saturated carbocycles. The molecular formula is C12H21NO2. The molecule has 0 aliphatic heterocycles. The second-order valence-electron chi connectivity index (χ2n) is 3.66. The highest BCUT2D eigenvalue weighted by molar-refractivity contribution is 4.72. The Balaban J connectivity index is 3.05. The van der Waals surface area contributed by atoms with Crippen molar-refractivity contribution >= 4 is 0 Å². The first-order valence-electron chi connectivity index (χ1n) is 5.68. The fourth-order valence-electron chi connectivity index (χ4n) is 1.42. The van der Waals surface area contributed by atoms with Gasteiger partial charge in [-0.05, 0) is 31.8 Å². The van der Waals surface area contributed by atoms with Gasteiger partial charge in [0.15, 0.2) is 0 Å². The molecule has 0 aromatic carbocycles. The van der Waals surface area contributed by atoms with Gasteiger partial charge in [-0.1, -0.05) is 31.8 Å². The van der Waals surface area contributed by atoms with Gasteiger partial charge in [0.25, 0.3) is 0 Å². The molecule has 0 fully saturated rings. The Morgan fingerprint density at radius 3 is 2.07 bits per heavy atom. The van der Waals surface area contributed by atoms with Gasteiger partial charge in [-0.2, -0.15) is 0 Å². The molecule has 0 aliphatic rings. The van der Waals surface area contributed by atoms with E-state index in [-0.39, 0.29) is 0 Å². The second-order valence-corrected chi connectivity index (χ2v) is 3.66. The van der Waals surface area contributed by atoms with Crippen molar-refractivity contribution in [3.63, 3.8) is 0 Å². The zero-order valence-corrected chi connectivity index (χ0v) is 9.36. The molecule has 0 atom stereocenters. The lowest BCUT2D eigenvalue weighted by Crippen LogP contribution is -1.83. The van der Waals surface area contributed by atoms with E-state index in [9.17, 15) is 10.1 Å². The average molecular weight is 211 g/mol. The van der Waals surface area contributed by atoms with E-state index in [0.29, 0.717) is 0 Å². The molecule has 0 rings (SSSR count). The first kappa shape index (κ1) is 13.9. The zero-order valence-electron chi connectivity index (χ0n) is 9.36. The number of unbranched alkanes of at least 4 members (excludes halogenated alkanes) is 7. The maximum Gasteiger partial charge on any atom is 0.230 e. The monoisotopic (exact) mass is 211 g/mol. The van der Waals surface area contributed by atoms with E-state index < -0.39 is 4.92 Å². The molecule has 0 heterocycles. The van der Waals surface area contributed by atoms with Crippen LogP contribution in [0.1, 0.15) is 51.4 Å². The van der Waals surface area contributed by atoms with Crippen molar-refractivity contribution in [1.29, 1.82) is 0 Å². The quantitative estimate of drug-likeness (QED) is 0.236. The second kappa shape index (κ2) is 11.0. The van der Waals surface area contributed by atoms with Gasteiger partial charge in [-0.3, -0.25) is 10.1 Å². The molecule has 0 N–H and O–H groups in total. The average Bonchev–Trinajstić information content (AvgIpc) is 2.20. The van der Waals surface area contributed by atoms with Crippen LogP contribution in [-0.4, -0.2) is 4.92 Å². The van der Waals surface area contributed by atoms with E-state index >= 15 is 0 Å². The van der Waals surface area contributed by atoms with Gasteiger partial charge in [0.1, 0.15) is 0 Å². The summed E-state index contributed by atoms with van der Waals surface area (Å²) in [5.74, 6) is 0. The standard InChI is InChI=1S/C12H21NO2/c1-2-3-4-5-6-7-8-9-10-11-12-13(14)15/h2,11-12H,1,3-10H2/b12-11+. The molecule has 0 aromatic heterocycles. The third-order valence-electron chi connectivity index (χ3n) is 2.26. The molecule has 0 saturated heterocycles. The normalized spacial score (nSPS) is 10.7. The highest BCUT2D eigenvalue weighted by atomic mass is 16.6. The SMILES string of the molecule is C=CCCCCCCCC/C=C/[N+](=O)[O-]. The Labute approximate surface area is 92.0 Å². The van der Waals surface area contributed by atoms with Gasteiger partial charge in [0.2, 0.25) is 6.20 Å². The predicted molar refractivity (Wildman–Crippen MR) is 63.3 cm³/mol. The van der Waals surface area contributed by atoms with Crippen molar-refractivity contribution in [3.05, 3.63) is 35.0 Å². The smallest absolute Gasteiger partial charge is 0.230 e. The summed E-state index contributed by atoms with van der Waals surface area (Å²) in [5.41, 5.74) is 0. The summed E-state index contributed by atoms with van der Waals surface area (Å²) >= 11 is 0. The lowest BCUT2D eigenvalue weighted by Gasteiger charge is -1.98. The summed E-state index contributed by atoms with van der Waals surface area (Å²) in [4.78, 5) is 9.54. The molecule has 3 heteroatoms. The molecule has 0 aliphatic carbocycles. The van der Waals surface area contributed by atoms with Crippen molar-refractivity contribution in [1.82, 2.24) is 0 Å².